The van der Waals surface area contributed by atoms with Gasteiger partial charge in [0.2, 0.25) is 0 Å². The van der Waals surface area contributed by atoms with Gasteiger partial charge in [-0.05, 0) is 66.8 Å². The fraction of sp³-hybridized carbons (Fsp3) is 0.536. The molecule has 1 fully saturated rings. The molecular weight excluding hydrogens is 524 g/mol. The second-order valence-electron chi connectivity index (χ2n) is 10.2. The Hall–Kier alpha value is -2.97. The van der Waals surface area contributed by atoms with E-state index in [-0.39, 0.29) is 31.9 Å². The molecule has 1 saturated heterocycles. The first-order valence-electron chi connectivity index (χ1n) is 13.1. The molecule has 12 heteroatoms. The highest BCUT2D eigenvalue weighted by atomic mass is 16.5. The lowest BCUT2D eigenvalue weighted by Crippen LogP contribution is -2.59. The zero-order chi connectivity index (χ0) is 29.4. The number of phenols is 1. The SMILES string of the molecule is Cc1cc(OCCNC(=O)NC(CO)(CO)CO)ccc1Cc1cc([C@@H]2O[C@H](CO)CC(O)[C@H]2O)c(O)cc1C. The lowest BCUT2D eigenvalue weighted by atomic mass is 9.89. The smallest absolute Gasteiger partial charge is 0.315 e. The summed E-state index contributed by atoms with van der Waals surface area (Å²) in [5.41, 5.74) is 2.50. The molecule has 1 heterocycles. The molecule has 40 heavy (non-hydrogen) atoms. The highest BCUT2D eigenvalue weighted by molar-refractivity contribution is 5.74. The molecule has 0 spiro atoms. The summed E-state index contributed by atoms with van der Waals surface area (Å²) in [5.74, 6) is 0.526. The molecule has 12 nitrogen and oxygen atoms in total. The summed E-state index contributed by atoms with van der Waals surface area (Å²) in [7, 11) is 0. The molecule has 2 amide bonds. The molecule has 0 saturated carbocycles. The first-order valence-corrected chi connectivity index (χ1v) is 13.1. The Morgan fingerprint density at radius 1 is 1.02 bits per heavy atom. The van der Waals surface area contributed by atoms with Crippen molar-refractivity contribution in [1.82, 2.24) is 10.6 Å². The number of hydrogen-bond donors (Lipinski definition) is 9. The summed E-state index contributed by atoms with van der Waals surface area (Å²) in [5, 5.41) is 73.6. The molecule has 0 aromatic heterocycles. The Bertz CT molecular complexity index is 1130. The number of amides is 2. The highest BCUT2D eigenvalue weighted by Crippen LogP contribution is 2.38. The fourth-order valence-electron chi connectivity index (χ4n) is 4.55. The van der Waals surface area contributed by atoms with Crippen molar-refractivity contribution >= 4 is 6.03 Å². The summed E-state index contributed by atoms with van der Waals surface area (Å²) >= 11 is 0. The van der Waals surface area contributed by atoms with E-state index in [0.29, 0.717) is 17.7 Å². The number of phenolic OH excluding ortho intramolecular Hbond substituents is 1. The summed E-state index contributed by atoms with van der Waals surface area (Å²) in [6, 6.07) is 8.25. The van der Waals surface area contributed by atoms with Crippen LogP contribution in [0.5, 0.6) is 11.5 Å². The Kier molecular flexibility index (Phi) is 11.1. The number of carbonyl (C=O) groups excluding carboxylic acids is 1. The molecule has 2 aromatic carbocycles. The number of carbonyl (C=O) groups is 1. The molecule has 0 aliphatic carbocycles. The van der Waals surface area contributed by atoms with E-state index in [2.05, 4.69) is 10.6 Å². The Morgan fingerprint density at radius 2 is 1.70 bits per heavy atom. The molecule has 1 aliphatic rings. The van der Waals surface area contributed by atoms with E-state index in [1.165, 1.54) is 0 Å². The minimum atomic E-state index is -1.51. The van der Waals surface area contributed by atoms with Crippen LogP contribution in [-0.2, 0) is 11.2 Å². The maximum atomic E-state index is 12.0. The van der Waals surface area contributed by atoms with E-state index in [0.717, 1.165) is 22.3 Å². The van der Waals surface area contributed by atoms with E-state index in [1.54, 1.807) is 18.2 Å². The van der Waals surface area contributed by atoms with E-state index in [1.807, 2.05) is 26.0 Å². The minimum absolute atomic E-state index is 0.0615. The molecule has 1 aliphatic heterocycles. The van der Waals surface area contributed by atoms with Crippen molar-refractivity contribution in [3.05, 3.63) is 58.1 Å². The molecule has 1 unspecified atom stereocenters. The zero-order valence-electron chi connectivity index (χ0n) is 22.7. The topological polar surface area (TPSA) is 201 Å². The number of rotatable bonds is 12. The summed E-state index contributed by atoms with van der Waals surface area (Å²) in [4.78, 5) is 12.0. The lowest BCUT2D eigenvalue weighted by molar-refractivity contribution is -0.180. The van der Waals surface area contributed by atoms with Crippen LogP contribution in [0, 0.1) is 13.8 Å². The van der Waals surface area contributed by atoms with Crippen molar-refractivity contribution in [1.29, 1.82) is 0 Å². The number of aliphatic hydroxyl groups excluding tert-OH is 6. The van der Waals surface area contributed by atoms with Crippen LogP contribution >= 0.6 is 0 Å². The number of urea groups is 1. The largest absolute Gasteiger partial charge is 0.508 e. The predicted molar refractivity (Wildman–Crippen MR) is 144 cm³/mol. The molecule has 4 atom stereocenters. The van der Waals surface area contributed by atoms with Crippen LogP contribution in [0.15, 0.2) is 30.3 Å². The quantitative estimate of drug-likeness (QED) is 0.152. The van der Waals surface area contributed by atoms with Gasteiger partial charge in [-0.1, -0.05) is 6.07 Å². The van der Waals surface area contributed by atoms with Gasteiger partial charge >= 0.3 is 6.03 Å². The molecule has 222 valence electrons. The normalized spacial score (nSPS) is 21.2. The van der Waals surface area contributed by atoms with Gasteiger partial charge in [0.05, 0.1) is 45.2 Å². The van der Waals surface area contributed by atoms with Crippen molar-refractivity contribution in [3.63, 3.8) is 0 Å². The monoisotopic (exact) mass is 564 g/mol. The van der Waals surface area contributed by atoms with Crippen LogP contribution in [0.3, 0.4) is 0 Å². The van der Waals surface area contributed by atoms with Gasteiger partial charge in [-0.3, -0.25) is 0 Å². The van der Waals surface area contributed by atoms with Gasteiger partial charge in [0.15, 0.2) is 0 Å². The number of aromatic hydroxyl groups is 1. The first-order chi connectivity index (χ1) is 19.1. The number of ether oxygens (including phenoxy) is 2. The van der Waals surface area contributed by atoms with Crippen molar-refractivity contribution < 1.29 is 50.0 Å². The van der Waals surface area contributed by atoms with Gasteiger partial charge in [0, 0.05) is 12.0 Å². The molecule has 3 rings (SSSR count). The summed E-state index contributed by atoms with van der Waals surface area (Å²) in [6.45, 7) is 1.92. The second-order valence-corrected chi connectivity index (χ2v) is 10.2. The van der Waals surface area contributed by atoms with Crippen molar-refractivity contribution in [2.45, 2.75) is 56.6 Å². The summed E-state index contributed by atoms with van der Waals surface area (Å²) in [6.07, 6.45) is -3.35. The second kappa shape index (κ2) is 14.1. The van der Waals surface area contributed by atoms with Crippen LogP contribution in [0.25, 0.3) is 0 Å². The Morgan fingerprint density at radius 3 is 2.33 bits per heavy atom. The van der Waals surface area contributed by atoms with Crippen LogP contribution in [0.1, 0.15) is 40.3 Å². The van der Waals surface area contributed by atoms with Crippen LogP contribution in [-0.4, -0.2) is 105 Å². The number of aliphatic hydroxyl groups is 6. The molecule has 0 bridgehead atoms. The van der Waals surface area contributed by atoms with E-state index in [9.17, 15) is 40.5 Å². The third-order valence-electron chi connectivity index (χ3n) is 7.18. The van der Waals surface area contributed by atoms with E-state index in [4.69, 9.17) is 9.47 Å². The van der Waals surface area contributed by atoms with Gasteiger partial charge in [-0.2, -0.15) is 0 Å². The Balaban J connectivity index is 1.63. The van der Waals surface area contributed by atoms with Gasteiger partial charge in [0.1, 0.15) is 35.9 Å². The van der Waals surface area contributed by atoms with Gasteiger partial charge < -0.3 is 55.9 Å². The average molecular weight is 565 g/mol. The molecule has 2 aromatic rings. The van der Waals surface area contributed by atoms with E-state index < -0.39 is 55.8 Å². The minimum Gasteiger partial charge on any atom is -0.508 e. The standard InChI is InChI=1S/C28H40N2O10/c1-16-7-20(39-6-5-29-27(38)30-28(13-32,14-33)15-34)4-3-18(16)9-19-10-22(23(35)8-17(19)2)26-25(37)24(36)11-21(12-31)40-26/h3-4,7-8,10,21,24-26,31-37H,5-6,9,11-15H2,1-2H3,(H2,29,30,38)/t21-,24?,25+,26-/m0/s1. The Labute approximate surface area is 232 Å². The van der Waals surface area contributed by atoms with Crippen LogP contribution in [0.2, 0.25) is 0 Å². The number of aryl methyl sites for hydroxylation is 2. The third kappa shape index (κ3) is 7.61. The van der Waals surface area contributed by atoms with Gasteiger partial charge in [-0.15, -0.1) is 0 Å². The number of nitrogens with one attached hydrogen (secondary N) is 2. The lowest BCUT2D eigenvalue weighted by Gasteiger charge is -2.37. The predicted octanol–water partition coefficient (Wildman–Crippen LogP) is -0.462. The molecular formula is C28H40N2O10. The first kappa shape index (κ1) is 31.6. The fourth-order valence-corrected chi connectivity index (χ4v) is 4.55. The van der Waals surface area contributed by atoms with Crippen molar-refractivity contribution in [2.24, 2.45) is 0 Å². The van der Waals surface area contributed by atoms with Crippen molar-refractivity contribution in [2.75, 3.05) is 39.6 Å². The average Bonchev–Trinajstić information content (AvgIpc) is 2.94. The molecule has 9 N–H and O–H groups in total. The van der Waals surface area contributed by atoms with Crippen molar-refractivity contribution in [3.8, 4) is 11.5 Å². The number of hydrogen-bond acceptors (Lipinski definition) is 10. The maximum absolute atomic E-state index is 12.0. The number of benzene rings is 2. The van der Waals surface area contributed by atoms with Crippen LogP contribution in [0.4, 0.5) is 4.79 Å². The highest BCUT2D eigenvalue weighted by Gasteiger charge is 2.38. The van der Waals surface area contributed by atoms with Crippen LogP contribution < -0.4 is 15.4 Å². The molecule has 0 radical (unpaired) electrons. The van der Waals surface area contributed by atoms with E-state index >= 15 is 0 Å². The zero-order valence-corrected chi connectivity index (χ0v) is 22.7. The van der Waals surface area contributed by atoms with Gasteiger partial charge in [-0.25, -0.2) is 4.79 Å². The van der Waals surface area contributed by atoms with Gasteiger partial charge in [0.25, 0.3) is 0 Å². The summed E-state index contributed by atoms with van der Waals surface area (Å²) < 4.78 is 11.5. The third-order valence-corrected chi connectivity index (χ3v) is 7.18. The maximum Gasteiger partial charge on any atom is 0.315 e.